The van der Waals surface area contributed by atoms with Gasteiger partial charge in [0, 0.05) is 18.3 Å². The summed E-state index contributed by atoms with van der Waals surface area (Å²) in [6, 6.07) is 6.53. The van der Waals surface area contributed by atoms with E-state index >= 15 is 0 Å². The molecule has 1 aromatic heterocycles. The number of hydrogen-bond donors (Lipinski definition) is 0. The second-order valence-electron chi connectivity index (χ2n) is 6.31. The highest BCUT2D eigenvalue weighted by molar-refractivity contribution is 5.57. The zero-order chi connectivity index (χ0) is 14.0. The van der Waals surface area contributed by atoms with Crippen molar-refractivity contribution in [1.29, 1.82) is 0 Å². The molecule has 0 saturated heterocycles. The van der Waals surface area contributed by atoms with Gasteiger partial charge in [0.2, 0.25) is 0 Å². The van der Waals surface area contributed by atoms with E-state index in [0.29, 0.717) is 5.41 Å². The van der Waals surface area contributed by atoms with E-state index in [-0.39, 0.29) is 5.82 Å². The molecule has 0 atom stereocenters. The van der Waals surface area contributed by atoms with Crippen LogP contribution in [0.4, 0.5) is 4.39 Å². The lowest BCUT2D eigenvalue weighted by Crippen LogP contribution is -2.25. The third kappa shape index (κ3) is 2.92. The first-order valence-corrected chi connectivity index (χ1v) is 7.42. The van der Waals surface area contributed by atoms with Crippen LogP contribution in [-0.4, -0.2) is 9.55 Å². The van der Waals surface area contributed by atoms with Crippen LogP contribution in [0.15, 0.2) is 36.8 Å². The van der Waals surface area contributed by atoms with Crippen LogP contribution in [0.2, 0.25) is 0 Å². The van der Waals surface area contributed by atoms with Gasteiger partial charge >= 0.3 is 0 Å². The minimum absolute atomic E-state index is 0.206. The third-order valence-electron chi connectivity index (χ3n) is 4.40. The molecule has 2 nitrogen and oxygen atoms in total. The average molecular weight is 272 g/mol. The predicted molar refractivity (Wildman–Crippen MR) is 78.8 cm³/mol. The van der Waals surface area contributed by atoms with Crippen LogP contribution in [0.1, 0.15) is 39.0 Å². The van der Waals surface area contributed by atoms with Crippen LogP contribution >= 0.6 is 0 Å². The van der Waals surface area contributed by atoms with Gasteiger partial charge in [0.05, 0.1) is 12.0 Å². The molecule has 1 aliphatic carbocycles. The first-order valence-electron chi connectivity index (χ1n) is 7.42. The Morgan fingerprint density at radius 2 is 1.85 bits per heavy atom. The summed E-state index contributed by atoms with van der Waals surface area (Å²) in [5.74, 6) is -0.206. The van der Waals surface area contributed by atoms with Crippen molar-refractivity contribution < 1.29 is 4.39 Å². The Kier molecular flexibility index (Phi) is 3.60. The fourth-order valence-corrected chi connectivity index (χ4v) is 3.22. The maximum Gasteiger partial charge on any atom is 0.123 e. The SMILES string of the molecule is CC1(Cn2cnc(-c3ccc(F)cc3)c2)CCCCC1. The molecule has 0 N–H and O–H groups in total. The van der Waals surface area contributed by atoms with Crippen molar-refractivity contribution in [2.45, 2.75) is 45.6 Å². The van der Waals surface area contributed by atoms with Gasteiger partial charge in [0.25, 0.3) is 0 Å². The Bertz CT molecular complexity index is 565. The molecule has 3 rings (SSSR count). The monoisotopic (exact) mass is 272 g/mol. The largest absolute Gasteiger partial charge is 0.336 e. The van der Waals surface area contributed by atoms with Crippen molar-refractivity contribution in [3.8, 4) is 11.3 Å². The number of nitrogens with zero attached hydrogens (tertiary/aromatic N) is 2. The molecule has 0 unspecified atom stereocenters. The standard InChI is InChI=1S/C17H21FN2/c1-17(9-3-2-4-10-17)12-20-11-16(19-13-20)14-5-7-15(18)8-6-14/h5-8,11,13H,2-4,9-10,12H2,1H3. The molecule has 106 valence electrons. The second-order valence-corrected chi connectivity index (χ2v) is 6.31. The predicted octanol–water partition coefficient (Wildman–Crippen LogP) is 4.66. The highest BCUT2D eigenvalue weighted by Gasteiger charge is 2.27. The molecule has 0 spiro atoms. The summed E-state index contributed by atoms with van der Waals surface area (Å²) in [5, 5.41) is 0. The molecule has 20 heavy (non-hydrogen) atoms. The van der Waals surface area contributed by atoms with E-state index < -0.39 is 0 Å². The number of imidazole rings is 1. The topological polar surface area (TPSA) is 17.8 Å². The van der Waals surface area contributed by atoms with E-state index in [9.17, 15) is 4.39 Å². The Hall–Kier alpha value is -1.64. The van der Waals surface area contributed by atoms with Crippen LogP contribution in [-0.2, 0) is 6.54 Å². The van der Waals surface area contributed by atoms with Crippen molar-refractivity contribution >= 4 is 0 Å². The van der Waals surface area contributed by atoms with Crippen LogP contribution in [0, 0.1) is 11.2 Å². The highest BCUT2D eigenvalue weighted by Crippen LogP contribution is 2.37. The molecular weight excluding hydrogens is 251 g/mol. The van der Waals surface area contributed by atoms with Gasteiger partial charge < -0.3 is 4.57 Å². The summed E-state index contributed by atoms with van der Waals surface area (Å²) in [6.07, 6.45) is 10.6. The molecule has 1 saturated carbocycles. The number of aromatic nitrogens is 2. The quantitative estimate of drug-likeness (QED) is 0.794. The Morgan fingerprint density at radius 3 is 2.55 bits per heavy atom. The average Bonchev–Trinajstić information content (AvgIpc) is 2.88. The maximum atomic E-state index is 12.9. The number of halogens is 1. The van der Waals surface area contributed by atoms with Gasteiger partial charge in [-0.3, -0.25) is 0 Å². The first kappa shape index (κ1) is 13.3. The van der Waals surface area contributed by atoms with Gasteiger partial charge in [-0.15, -0.1) is 0 Å². The van der Waals surface area contributed by atoms with E-state index in [0.717, 1.165) is 17.8 Å². The molecule has 0 radical (unpaired) electrons. The van der Waals surface area contributed by atoms with Gasteiger partial charge in [-0.05, 0) is 42.5 Å². The molecule has 1 heterocycles. The lowest BCUT2D eigenvalue weighted by molar-refractivity contribution is 0.183. The maximum absolute atomic E-state index is 12.9. The normalized spacial score (nSPS) is 18.1. The fraction of sp³-hybridized carbons (Fsp3) is 0.471. The smallest absolute Gasteiger partial charge is 0.123 e. The van der Waals surface area contributed by atoms with Crippen LogP contribution in [0.5, 0.6) is 0 Å². The zero-order valence-corrected chi connectivity index (χ0v) is 12.0. The van der Waals surface area contributed by atoms with Gasteiger partial charge in [-0.25, -0.2) is 9.37 Å². The Morgan fingerprint density at radius 1 is 1.15 bits per heavy atom. The molecule has 3 heteroatoms. The van der Waals surface area contributed by atoms with Gasteiger partial charge in [0.1, 0.15) is 5.82 Å². The molecule has 2 aromatic rings. The lowest BCUT2D eigenvalue weighted by Gasteiger charge is -2.33. The molecule has 0 bridgehead atoms. The number of benzene rings is 1. The summed E-state index contributed by atoms with van der Waals surface area (Å²) < 4.78 is 15.1. The summed E-state index contributed by atoms with van der Waals surface area (Å²) in [5.41, 5.74) is 2.29. The number of hydrogen-bond acceptors (Lipinski definition) is 1. The summed E-state index contributed by atoms with van der Waals surface area (Å²) in [6.45, 7) is 3.41. The van der Waals surface area contributed by atoms with Crippen molar-refractivity contribution in [1.82, 2.24) is 9.55 Å². The minimum atomic E-state index is -0.206. The van der Waals surface area contributed by atoms with E-state index in [4.69, 9.17) is 0 Å². The van der Waals surface area contributed by atoms with E-state index in [1.54, 1.807) is 12.1 Å². The minimum Gasteiger partial charge on any atom is -0.336 e. The molecule has 1 aliphatic rings. The summed E-state index contributed by atoms with van der Waals surface area (Å²) >= 11 is 0. The third-order valence-corrected chi connectivity index (χ3v) is 4.40. The second kappa shape index (κ2) is 5.39. The first-order chi connectivity index (χ1) is 9.65. The fourth-order valence-electron chi connectivity index (χ4n) is 3.22. The van der Waals surface area contributed by atoms with Gasteiger partial charge in [-0.1, -0.05) is 26.2 Å². The van der Waals surface area contributed by atoms with Crippen molar-refractivity contribution in [3.05, 3.63) is 42.6 Å². The Balaban J connectivity index is 1.75. The Labute approximate surface area is 119 Å². The lowest BCUT2D eigenvalue weighted by atomic mass is 9.76. The van der Waals surface area contributed by atoms with E-state index in [2.05, 4.69) is 22.7 Å². The van der Waals surface area contributed by atoms with Crippen LogP contribution in [0.25, 0.3) is 11.3 Å². The molecular formula is C17H21FN2. The highest BCUT2D eigenvalue weighted by atomic mass is 19.1. The molecule has 1 fully saturated rings. The van der Waals surface area contributed by atoms with Crippen molar-refractivity contribution in [3.63, 3.8) is 0 Å². The summed E-state index contributed by atoms with van der Waals surface area (Å²) in [7, 11) is 0. The van der Waals surface area contributed by atoms with Gasteiger partial charge in [-0.2, -0.15) is 0 Å². The summed E-state index contributed by atoms with van der Waals surface area (Å²) in [4.78, 5) is 4.45. The van der Waals surface area contributed by atoms with Crippen molar-refractivity contribution in [2.24, 2.45) is 5.41 Å². The van der Waals surface area contributed by atoms with Crippen molar-refractivity contribution in [2.75, 3.05) is 0 Å². The zero-order valence-electron chi connectivity index (χ0n) is 12.0. The van der Waals surface area contributed by atoms with E-state index in [1.807, 2.05) is 6.33 Å². The van der Waals surface area contributed by atoms with Crippen LogP contribution in [0.3, 0.4) is 0 Å². The van der Waals surface area contributed by atoms with Crippen LogP contribution < -0.4 is 0 Å². The molecule has 1 aromatic carbocycles. The number of rotatable bonds is 3. The molecule has 0 amide bonds. The van der Waals surface area contributed by atoms with E-state index in [1.165, 1.54) is 44.2 Å². The molecule has 0 aliphatic heterocycles. The van der Waals surface area contributed by atoms with Gasteiger partial charge in [0.15, 0.2) is 0 Å².